The van der Waals surface area contributed by atoms with Gasteiger partial charge in [0.15, 0.2) is 0 Å². The molecule has 0 radical (unpaired) electrons. The summed E-state index contributed by atoms with van der Waals surface area (Å²) in [6, 6.07) is 0. The Balaban J connectivity index is 3.57. The van der Waals surface area contributed by atoms with E-state index in [9.17, 15) is 0 Å². The van der Waals surface area contributed by atoms with E-state index in [0.29, 0.717) is 0 Å². The first-order valence-corrected chi connectivity index (χ1v) is 4.89. The minimum Gasteiger partial charge on any atom is -0.0883 e. The zero-order chi connectivity index (χ0) is 8.69. The Hall–Kier alpha value is -0.260. The van der Waals surface area contributed by atoms with Crippen LogP contribution in [0, 0.1) is 11.8 Å². The second-order valence-electron chi connectivity index (χ2n) is 3.46. The lowest BCUT2D eigenvalue weighted by molar-refractivity contribution is 0.445. The van der Waals surface area contributed by atoms with E-state index in [0.717, 1.165) is 11.8 Å². The summed E-state index contributed by atoms with van der Waals surface area (Å²) in [7, 11) is 0. The van der Waals surface area contributed by atoms with E-state index in [1.165, 1.54) is 19.3 Å². The third kappa shape index (κ3) is 5.06. The van der Waals surface area contributed by atoms with E-state index in [4.69, 9.17) is 0 Å². The number of hydrogen-bond donors (Lipinski definition) is 0. The summed E-state index contributed by atoms with van der Waals surface area (Å²) in [4.78, 5) is 0. The molecule has 0 rings (SSSR count). The van der Waals surface area contributed by atoms with Crippen molar-refractivity contribution in [1.29, 1.82) is 0 Å². The van der Waals surface area contributed by atoms with E-state index in [1.54, 1.807) is 0 Å². The Bertz CT molecular complexity index is 103. The summed E-state index contributed by atoms with van der Waals surface area (Å²) in [6.07, 6.45) is 8.47. The van der Waals surface area contributed by atoms with Crippen LogP contribution in [0.5, 0.6) is 0 Å². The number of unbranched alkanes of at least 4 members (excludes halogenated alkanes) is 1. The maximum atomic E-state index is 2.36. The molecule has 0 aromatic carbocycles. The van der Waals surface area contributed by atoms with Crippen LogP contribution in [0.4, 0.5) is 0 Å². The Morgan fingerprint density at radius 2 is 1.82 bits per heavy atom. The van der Waals surface area contributed by atoms with Crippen LogP contribution in [0.25, 0.3) is 0 Å². The molecule has 0 aliphatic carbocycles. The number of allylic oxidation sites excluding steroid dienone is 2. The van der Waals surface area contributed by atoms with Gasteiger partial charge < -0.3 is 0 Å². The van der Waals surface area contributed by atoms with Gasteiger partial charge in [0.2, 0.25) is 0 Å². The Morgan fingerprint density at radius 3 is 2.27 bits per heavy atom. The van der Waals surface area contributed by atoms with Crippen LogP contribution in [0.1, 0.15) is 47.0 Å². The van der Waals surface area contributed by atoms with Crippen molar-refractivity contribution in [3.63, 3.8) is 0 Å². The van der Waals surface area contributed by atoms with Crippen molar-refractivity contribution in [2.75, 3.05) is 0 Å². The van der Waals surface area contributed by atoms with Gasteiger partial charge in [0.25, 0.3) is 0 Å². The van der Waals surface area contributed by atoms with Crippen LogP contribution in [-0.2, 0) is 0 Å². The van der Waals surface area contributed by atoms with Crippen molar-refractivity contribution < 1.29 is 0 Å². The van der Waals surface area contributed by atoms with Gasteiger partial charge in [-0.2, -0.15) is 0 Å². The van der Waals surface area contributed by atoms with Crippen molar-refractivity contribution in [3.8, 4) is 0 Å². The molecule has 0 aromatic rings. The van der Waals surface area contributed by atoms with Gasteiger partial charge in [0.1, 0.15) is 0 Å². The lowest BCUT2D eigenvalue weighted by atomic mass is 9.93. The first-order chi connectivity index (χ1) is 5.22. The van der Waals surface area contributed by atoms with E-state index in [2.05, 4.69) is 39.8 Å². The summed E-state index contributed by atoms with van der Waals surface area (Å²) in [6.45, 7) is 9.11. The molecule has 0 amide bonds. The molecule has 0 aliphatic rings. The Morgan fingerprint density at radius 1 is 1.18 bits per heavy atom. The first kappa shape index (κ1) is 10.7. The molecule has 2 atom stereocenters. The van der Waals surface area contributed by atoms with Crippen molar-refractivity contribution in [2.24, 2.45) is 11.8 Å². The van der Waals surface area contributed by atoms with Crippen LogP contribution in [-0.4, -0.2) is 0 Å². The summed E-state index contributed by atoms with van der Waals surface area (Å²) in [5, 5.41) is 0. The molecule has 0 heteroatoms. The maximum Gasteiger partial charge on any atom is -0.0236 e. The number of rotatable bonds is 5. The van der Waals surface area contributed by atoms with Gasteiger partial charge in [-0.25, -0.2) is 0 Å². The third-order valence-corrected chi connectivity index (χ3v) is 2.44. The summed E-state index contributed by atoms with van der Waals surface area (Å²) in [5.74, 6) is 1.59. The van der Waals surface area contributed by atoms with Crippen LogP contribution in [0.2, 0.25) is 0 Å². The lowest BCUT2D eigenvalue weighted by Crippen LogP contribution is -2.02. The van der Waals surface area contributed by atoms with Gasteiger partial charge in [-0.15, -0.1) is 0 Å². The largest absolute Gasteiger partial charge is 0.0883 e. The normalized spacial score (nSPS) is 17.1. The summed E-state index contributed by atoms with van der Waals surface area (Å²) < 4.78 is 0. The van der Waals surface area contributed by atoms with Gasteiger partial charge in [0.05, 0.1) is 0 Å². The molecule has 2 unspecified atom stereocenters. The van der Waals surface area contributed by atoms with Crippen LogP contribution in [0.3, 0.4) is 0 Å². The summed E-state index contributed by atoms with van der Waals surface area (Å²) >= 11 is 0. The van der Waals surface area contributed by atoms with Crippen molar-refractivity contribution in [3.05, 3.63) is 12.2 Å². The number of hydrogen-bond acceptors (Lipinski definition) is 0. The van der Waals surface area contributed by atoms with Crippen molar-refractivity contribution in [1.82, 2.24) is 0 Å². The Kier molecular flexibility index (Phi) is 6.30. The molecular formula is C11H22. The molecule has 0 fully saturated rings. The standard InChI is InChI=1S/C11H22/c1-5-7-8-9-11(4)10(3)6-2/h8-11H,5-7H2,1-4H3. The van der Waals surface area contributed by atoms with Gasteiger partial charge in [0, 0.05) is 0 Å². The molecule has 0 bridgehead atoms. The fourth-order valence-electron chi connectivity index (χ4n) is 1.04. The van der Waals surface area contributed by atoms with Crippen LogP contribution >= 0.6 is 0 Å². The van der Waals surface area contributed by atoms with Gasteiger partial charge in [-0.1, -0.05) is 52.7 Å². The quantitative estimate of drug-likeness (QED) is 0.524. The van der Waals surface area contributed by atoms with Crippen LogP contribution < -0.4 is 0 Å². The molecule has 0 saturated heterocycles. The van der Waals surface area contributed by atoms with Gasteiger partial charge >= 0.3 is 0 Å². The molecule has 0 aliphatic heterocycles. The molecular weight excluding hydrogens is 132 g/mol. The zero-order valence-electron chi connectivity index (χ0n) is 8.43. The predicted molar refractivity (Wildman–Crippen MR) is 52.7 cm³/mol. The molecule has 66 valence electrons. The first-order valence-electron chi connectivity index (χ1n) is 4.89. The van der Waals surface area contributed by atoms with E-state index >= 15 is 0 Å². The van der Waals surface area contributed by atoms with Crippen molar-refractivity contribution in [2.45, 2.75) is 47.0 Å². The predicted octanol–water partition coefficient (Wildman–Crippen LogP) is 4.02. The second-order valence-corrected chi connectivity index (χ2v) is 3.46. The zero-order valence-corrected chi connectivity index (χ0v) is 8.43. The molecule has 0 heterocycles. The topological polar surface area (TPSA) is 0 Å². The fourth-order valence-corrected chi connectivity index (χ4v) is 1.04. The van der Waals surface area contributed by atoms with E-state index in [-0.39, 0.29) is 0 Å². The highest BCUT2D eigenvalue weighted by Crippen LogP contribution is 2.15. The minimum atomic E-state index is 0.756. The van der Waals surface area contributed by atoms with Crippen LogP contribution in [0.15, 0.2) is 12.2 Å². The smallest absolute Gasteiger partial charge is 0.0236 e. The third-order valence-electron chi connectivity index (χ3n) is 2.44. The maximum absolute atomic E-state index is 2.36. The van der Waals surface area contributed by atoms with Gasteiger partial charge in [-0.3, -0.25) is 0 Å². The average Bonchev–Trinajstić information content (AvgIpc) is 2.03. The second kappa shape index (κ2) is 6.45. The molecule has 0 spiro atoms. The Labute approximate surface area is 71.7 Å². The fraction of sp³-hybridized carbons (Fsp3) is 0.818. The van der Waals surface area contributed by atoms with E-state index in [1.807, 2.05) is 0 Å². The highest BCUT2D eigenvalue weighted by molar-refractivity contribution is 4.87. The monoisotopic (exact) mass is 154 g/mol. The lowest BCUT2D eigenvalue weighted by Gasteiger charge is -2.13. The summed E-state index contributed by atoms with van der Waals surface area (Å²) in [5.41, 5.74) is 0. The molecule has 0 saturated carbocycles. The van der Waals surface area contributed by atoms with Crippen molar-refractivity contribution >= 4 is 0 Å². The molecule has 0 aromatic heterocycles. The average molecular weight is 154 g/mol. The molecule has 0 nitrogen and oxygen atoms in total. The SMILES string of the molecule is CCCC=CC(C)C(C)CC. The molecule has 0 N–H and O–H groups in total. The molecule has 11 heavy (non-hydrogen) atoms. The van der Waals surface area contributed by atoms with E-state index < -0.39 is 0 Å². The minimum absolute atomic E-state index is 0.756. The highest BCUT2D eigenvalue weighted by atomic mass is 14.1. The highest BCUT2D eigenvalue weighted by Gasteiger charge is 2.04. The van der Waals surface area contributed by atoms with Gasteiger partial charge in [-0.05, 0) is 18.3 Å².